The van der Waals surface area contributed by atoms with Gasteiger partial charge in [-0.05, 0) is 25.6 Å². The molecule has 1 atom stereocenters. The molecular weight excluding hydrogens is 288 g/mol. The highest BCUT2D eigenvalue weighted by atomic mass is 32.1. The number of ether oxygens (including phenoxy) is 3. The zero-order valence-corrected chi connectivity index (χ0v) is 13.1. The van der Waals surface area contributed by atoms with Gasteiger partial charge < -0.3 is 19.5 Å². The zero-order valence-electron chi connectivity index (χ0n) is 12.3. The summed E-state index contributed by atoms with van der Waals surface area (Å²) >= 11 is 1.62. The zero-order chi connectivity index (χ0) is 14.8. The van der Waals surface area contributed by atoms with Gasteiger partial charge in [0.05, 0.1) is 12.8 Å². The Hall–Kier alpha value is -1.79. The first-order chi connectivity index (χ1) is 10.2. The fourth-order valence-corrected chi connectivity index (χ4v) is 3.18. The van der Waals surface area contributed by atoms with Crippen molar-refractivity contribution in [2.24, 2.45) is 0 Å². The predicted octanol–water partition coefficient (Wildman–Crippen LogP) is 3.22. The van der Waals surface area contributed by atoms with Crippen molar-refractivity contribution in [1.29, 1.82) is 0 Å². The van der Waals surface area contributed by atoms with E-state index < -0.39 is 0 Å². The molecule has 6 heteroatoms. The first-order valence-corrected chi connectivity index (χ1v) is 7.77. The maximum absolute atomic E-state index is 5.46. The van der Waals surface area contributed by atoms with Crippen molar-refractivity contribution in [3.63, 3.8) is 0 Å². The predicted molar refractivity (Wildman–Crippen MR) is 82.3 cm³/mol. The van der Waals surface area contributed by atoms with Crippen LogP contribution in [0.5, 0.6) is 17.2 Å². The number of nitrogens with zero attached hydrogens (tertiary/aromatic N) is 1. The van der Waals surface area contributed by atoms with Crippen LogP contribution in [0.4, 0.5) is 0 Å². The first-order valence-electron chi connectivity index (χ1n) is 6.89. The van der Waals surface area contributed by atoms with Crippen molar-refractivity contribution in [1.82, 2.24) is 10.3 Å². The van der Waals surface area contributed by atoms with E-state index in [1.807, 2.05) is 12.1 Å². The van der Waals surface area contributed by atoms with Gasteiger partial charge in [0.15, 0.2) is 11.5 Å². The number of hydrogen-bond acceptors (Lipinski definition) is 6. The summed E-state index contributed by atoms with van der Waals surface area (Å²) < 4.78 is 16.2. The first kappa shape index (κ1) is 14.2. The molecule has 1 unspecified atom stereocenters. The van der Waals surface area contributed by atoms with Crippen molar-refractivity contribution in [2.75, 3.05) is 20.4 Å². The van der Waals surface area contributed by atoms with Gasteiger partial charge in [-0.25, -0.2) is 4.98 Å². The van der Waals surface area contributed by atoms with Crippen LogP contribution in [0.1, 0.15) is 25.6 Å². The quantitative estimate of drug-likeness (QED) is 0.919. The van der Waals surface area contributed by atoms with Gasteiger partial charge in [-0.3, -0.25) is 0 Å². The Kier molecular flexibility index (Phi) is 3.98. The minimum Gasteiger partial charge on any atom is -0.493 e. The van der Waals surface area contributed by atoms with E-state index in [4.69, 9.17) is 19.2 Å². The van der Waals surface area contributed by atoms with Gasteiger partial charge in [0, 0.05) is 17.0 Å². The third-order valence-corrected chi connectivity index (χ3v) is 4.29. The molecule has 0 saturated carbocycles. The van der Waals surface area contributed by atoms with Crippen LogP contribution in [-0.2, 0) is 0 Å². The molecule has 1 aromatic heterocycles. The maximum Gasteiger partial charge on any atom is 0.231 e. The molecule has 1 N–H and O–H groups in total. The fraction of sp³-hybridized carbons (Fsp3) is 0.400. The highest BCUT2D eigenvalue weighted by molar-refractivity contribution is 7.13. The number of benzene rings is 1. The molecule has 1 aromatic carbocycles. The van der Waals surface area contributed by atoms with Gasteiger partial charge in [-0.2, -0.15) is 0 Å². The fourth-order valence-electron chi connectivity index (χ4n) is 2.28. The molecular formula is C15H18N2O3S. The van der Waals surface area contributed by atoms with E-state index in [2.05, 4.69) is 24.5 Å². The smallest absolute Gasteiger partial charge is 0.231 e. The van der Waals surface area contributed by atoms with Crippen molar-refractivity contribution in [3.05, 3.63) is 23.2 Å². The molecule has 1 aliphatic heterocycles. The van der Waals surface area contributed by atoms with Crippen LogP contribution >= 0.6 is 11.3 Å². The Morgan fingerprint density at radius 3 is 3.05 bits per heavy atom. The average Bonchev–Trinajstić information content (AvgIpc) is 3.15. The number of methoxy groups -OCH3 is 1. The number of nitrogens with one attached hydrogen (secondary N) is 1. The van der Waals surface area contributed by atoms with Gasteiger partial charge >= 0.3 is 0 Å². The Labute approximate surface area is 127 Å². The second-order valence-corrected chi connectivity index (χ2v) is 5.63. The summed E-state index contributed by atoms with van der Waals surface area (Å²) in [5, 5.41) is 6.40. The Morgan fingerprint density at radius 2 is 2.29 bits per heavy atom. The van der Waals surface area contributed by atoms with Gasteiger partial charge in [-0.15, -0.1) is 11.3 Å². The van der Waals surface area contributed by atoms with E-state index in [9.17, 15) is 0 Å². The van der Waals surface area contributed by atoms with Crippen LogP contribution in [0.15, 0.2) is 17.5 Å². The second-order valence-electron chi connectivity index (χ2n) is 4.77. The lowest BCUT2D eigenvalue weighted by atomic mass is 10.2. The highest BCUT2D eigenvalue weighted by Crippen LogP contribution is 2.44. The molecule has 0 bridgehead atoms. The molecule has 21 heavy (non-hydrogen) atoms. The molecule has 0 spiro atoms. The molecule has 2 heterocycles. The summed E-state index contributed by atoms with van der Waals surface area (Å²) in [6.07, 6.45) is 0. The molecule has 0 saturated heterocycles. The molecule has 0 aliphatic carbocycles. The summed E-state index contributed by atoms with van der Waals surface area (Å²) in [6, 6.07) is 4.13. The van der Waals surface area contributed by atoms with Gasteiger partial charge in [0.1, 0.15) is 5.01 Å². The van der Waals surface area contributed by atoms with E-state index >= 15 is 0 Å². The summed E-state index contributed by atoms with van der Waals surface area (Å²) in [6.45, 7) is 5.36. The lowest BCUT2D eigenvalue weighted by Crippen LogP contribution is -2.17. The number of thiazole rings is 1. The normalized spacial score (nSPS) is 14.2. The van der Waals surface area contributed by atoms with Crippen LogP contribution in [0, 0.1) is 0 Å². The largest absolute Gasteiger partial charge is 0.493 e. The third-order valence-electron chi connectivity index (χ3n) is 3.38. The molecule has 3 rings (SSSR count). The number of rotatable bonds is 5. The van der Waals surface area contributed by atoms with Crippen molar-refractivity contribution in [2.45, 2.75) is 19.9 Å². The molecule has 2 aromatic rings. The SMILES string of the molecule is CCNC(C)c1csc(-c2cc(OC)c3c(c2)OCO3)n1. The summed E-state index contributed by atoms with van der Waals surface area (Å²) in [5.41, 5.74) is 2.03. The number of aromatic nitrogens is 1. The minimum atomic E-state index is 0.232. The van der Waals surface area contributed by atoms with Crippen molar-refractivity contribution in [3.8, 4) is 27.8 Å². The van der Waals surface area contributed by atoms with Crippen LogP contribution < -0.4 is 19.5 Å². The van der Waals surface area contributed by atoms with Crippen LogP contribution in [0.3, 0.4) is 0 Å². The maximum atomic E-state index is 5.46. The lowest BCUT2D eigenvalue weighted by molar-refractivity contribution is 0.171. The third kappa shape index (κ3) is 2.69. The van der Waals surface area contributed by atoms with Gasteiger partial charge in [0.25, 0.3) is 0 Å². The van der Waals surface area contributed by atoms with Crippen molar-refractivity contribution >= 4 is 11.3 Å². The van der Waals surface area contributed by atoms with E-state index in [1.54, 1.807) is 18.4 Å². The molecule has 0 fully saturated rings. The van der Waals surface area contributed by atoms with E-state index in [0.717, 1.165) is 22.8 Å². The lowest BCUT2D eigenvalue weighted by Gasteiger charge is -2.08. The van der Waals surface area contributed by atoms with Gasteiger partial charge in [-0.1, -0.05) is 6.92 Å². The second kappa shape index (κ2) is 5.91. The Balaban J connectivity index is 1.94. The monoisotopic (exact) mass is 306 g/mol. The molecule has 0 amide bonds. The van der Waals surface area contributed by atoms with E-state index in [-0.39, 0.29) is 12.8 Å². The van der Waals surface area contributed by atoms with Crippen LogP contribution in [0.25, 0.3) is 10.6 Å². The molecule has 0 radical (unpaired) electrons. The standard InChI is InChI=1S/C15H18N2O3S/c1-4-16-9(2)11-7-21-15(17-11)10-5-12(18-3)14-13(6-10)19-8-20-14/h5-7,9,16H,4,8H2,1-3H3. The Morgan fingerprint density at radius 1 is 1.43 bits per heavy atom. The van der Waals surface area contributed by atoms with Crippen LogP contribution in [-0.4, -0.2) is 25.4 Å². The molecule has 5 nitrogen and oxygen atoms in total. The minimum absolute atomic E-state index is 0.232. The summed E-state index contributed by atoms with van der Waals surface area (Å²) in [5.74, 6) is 2.05. The van der Waals surface area contributed by atoms with Crippen LogP contribution in [0.2, 0.25) is 0 Å². The topological polar surface area (TPSA) is 52.6 Å². The molecule has 1 aliphatic rings. The van der Waals surface area contributed by atoms with Gasteiger partial charge in [0.2, 0.25) is 12.5 Å². The van der Waals surface area contributed by atoms with E-state index in [1.165, 1.54) is 0 Å². The Bertz CT molecular complexity index is 642. The molecule has 112 valence electrons. The van der Waals surface area contributed by atoms with E-state index in [0.29, 0.717) is 17.2 Å². The number of fused-ring (bicyclic) bond motifs is 1. The number of hydrogen-bond donors (Lipinski definition) is 1. The summed E-state index contributed by atoms with van der Waals surface area (Å²) in [7, 11) is 1.63. The summed E-state index contributed by atoms with van der Waals surface area (Å²) in [4.78, 5) is 4.70. The highest BCUT2D eigenvalue weighted by Gasteiger charge is 2.21. The average molecular weight is 306 g/mol. The van der Waals surface area contributed by atoms with Crippen molar-refractivity contribution < 1.29 is 14.2 Å².